The Balaban J connectivity index is 1.77. The van der Waals surface area contributed by atoms with Gasteiger partial charge in [-0.1, -0.05) is 37.3 Å². The van der Waals surface area contributed by atoms with Crippen molar-refractivity contribution in [3.8, 4) is 0 Å². The van der Waals surface area contributed by atoms with E-state index in [1.165, 1.54) is 0 Å². The number of ether oxygens (including phenoxy) is 1. The largest absolute Gasteiger partial charge is 0.445 e. The number of rotatable bonds is 3. The van der Waals surface area contributed by atoms with Gasteiger partial charge in [0.1, 0.15) is 6.61 Å². The lowest BCUT2D eigenvalue weighted by molar-refractivity contribution is 0.131. The number of alkyl carbamates (subject to hydrolysis) is 1. The summed E-state index contributed by atoms with van der Waals surface area (Å²) in [6, 6.07) is 9.93. The molecule has 1 aromatic rings. The zero-order valence-corrected chi connectivity index (χ0v) is 11.4. The Labute approximate surface area is 114 Å². The van der Waals surface area contributed by atoms with E-state index in [0.717, 1.165) is 31.5 Å². The third-order valence-corrected chi connectivity index (χ3v) is 3.61. The molecule has 2 atom stereocenters. The number of carbonyl (C=O) groups is 1. The number of nitrogens with one attached hydrogen (secondary N) is 2. The lowest BCUT2D eigenvalue weighted by Crippen LogP contribution is -2.39. The van der Waals surface area contributed by atoms with Crippen molar-refractivity contribution in [2.24, 2.45) is 5.92 Å². The van der Waals surface area contributed by atoms with Crippen LogP contribution < -0.4 is 10.6 Å². The van der Waals surface area contributed by atoms with Crippen molar-refractivity contribution >= 4 is 6.09 Å². The van der Waals surface area contributed by atoms with Crippen LogP contribution in [-0.4, -0.2) is 25.2 Å². The number of amides is 1. The second kappa shape index (κ2) is 7.14. The summed E-state index contributed by atoms with van der Waals surface area (Å²) in [6.07, 6.45) is 1.73. The molecule has 0 aliphatic carbocycles. The van der Waals surface area contributed by atoms with Crippen molar-refractivity contribution in [3.05, 3.63) is 35.9 Å². The SMILES string of the molecule is C[C@H]1CCNCC[C@@H]1NC(=O)OCc1ccccc1. The standard InChI is InChI=1S/C15H22N2O2/c1-12-7-9-16-10-8-14(12)17-15(18)19-11-13-5-3-2-4-6-13/h2-6,12,14,16H,7-11H2,1H3,(H,17,18)/t12-,14-/m0/s1. The molecule has 0 saturated carbocycles. The van der Waals surface area contributed by atoms with Gasteiger partial charge in [-0.2, -0.15) is 0 Å². The maximum atomic E-state index is 11.8. The fourth-order valence-corrected chi connectivity index (χ4v) is 2.33. The second-order valence-electron chi connectivity index (χ2n) is 5.12. The molecule has 1 fully saturated rings. The Kier molecular flexibility index (Phi) is 5.21. The first-order valence-electron chi connectivity index (χ1n) is 6.93. The minimum atomic E-state index is -0.317. The van der Waals surface area contributed by atoms with Gasteiger partial charge in [-0.25, -0.2) is 4.79 Å². The number of carbonyl (C=O) groups excluding carboxylic acids is 1. The minimum Gasteiger partial charge on any atom is -0.445 e. The third-order valence-electron chi connectivity index (χ3n) is 3.61. The van der Waals surface area contributed by atoms with E-state index in [-0.39, 0.29) is 12.1 Å². The molecule has 4 heteroatoms. The Morgan fingerprint density at radius 1 is 1.32 bits per heavy atom. The molecule has 104 valence electrons. The molecule has 0 aromatic heterocycles. The molecule has 1 heterocycles. The van der Waals surface area contributed by atoms with Crippen LogP contribution in [0, 0.1) is 5.92 Å². The zero-order chi connectivity index (χ0) is 13.5. The van der Waals surface area contributed by atoms with Gasteiger partial charge in [0.25, 0.3) is 0 Å². The Morgan fingerprint density at radius 2 is 2.05 bits per heavy atom. The molecule has 4 nitrogen and oxygen atoms in total. The molecule has 1 amide bonds. The van der Waals surface area contributed by atoms with E-state index in [0.29, 0.717) is 12.5 Å². The van der Waals surface area contributed by atoms with E-state index in [1.54, 1.807) is 0 Å². The number of hydrogen-bond donors (Lipinski definition) is 2. The third kappa shape index (κ3) is 4.56. The zero-order valence-electron chi connectivity index (χ0n) is 11.4. The number of benzene rings is 1. The van der Waals surface area contributed by atoms with Crippen LogP contribution in [0.2, 0.25) is 0 Å². The molecule has 1 aromatic carbocycles. The Morgan fingerprint density at radius 3 is 2.84 bits per heavy atom. The van der Waals surface area contributed by atoms with Crippen LogP contribution in [0.1, 0.15) is 25.3 Å². The maximum absolute atomic E-state index is 11.8. The van der Waals surface area contributed by atoms with Gasteiger partial charge in [-0.15, -0.1) is 0 Å². The summed E-state index contributed by atoms with van der Waals surface area (Å²) >= 11 is 0. The first kappa shape index (κ1) is 13.9. The normalized spacial score (nSPS) is 23.4. The van der Waals surface area contributed by atoms with Crippen LogP contribution in [0.4, 0.5) is 4.79 Å². The van der Waals surface area contributed by atoms with Crippen molar-refractivity contribution in [2.75, 3.05) is 13.1 Å². The van der Waals surface area contributed by atoms with Crippen molar-refractivity contribution in [2.45, 2.75) is 32.4 Å². The van der Waals surface area contributed by atoms with Crippen LogP contribution in [0.25, 0.3) is 0 Å². The lowest BCUT2D eigenvalue weighted by atomic mass is 9.97. The van der Waals surface area contributed by atoms with Crippen LogP contribution >= 0.6 is 0 Å². The molecule has 1 aliphatic heterocycles. The van der Waals surface area contributed by atoms with Gasteiger partial charge in [0, 0.05) is 6.04 Å². The minimum absolute atomic E-state index is 0.207. The first-order chi connectivity index (χ1) is 9.25. The molecule has 1 aliphatic rings. The van der Waals surface area contributed by atoms with E-state index in [2.05, 4.69) is 17.6 Å². The monoisotopic (exact) mass is 262 g/mol. The highest BCUT2D eigenvalue weighted by Crippen LogP contribution is 2.13. The predicted octanol–water partition coefficient (Wildman–Crippen LogP) is 2.30. The summed E-state index contributed by atoms with van der Waals surface area (Å²) in [5, 5.41) is 6.32. The van der Waals surface area contributed by atoms with Crippen molar-refractivity contribution in [3.63, 3.8) is 0 Å². The molecular weight excluding hydrogens is 240 g/mol. The summed E-state index contributed by atoms with van der Waals surface area (Å²) in [6.45, 7) is 4.48. The quantitative estimate of drug-likeness (QED) is 0.879. The van der Waals surface area contributed by atoms with Gasteiger partial charge in [0.05, 0.1) is 0 Å². The van der Waals surface area contributed by atoms with Crippen molar-refractivity contribution in [1.29, 1.82) is 0 Å². The highest BCUT2D eigenvalue weighted by molar-refractivity contribution is 5.67. The second-order valence-corrected chi connectivity index (χ2v) is 5.12. The summed E-state index contributed by atoms with van der Waals surface area (Å²) in [4.78, 5) is 11.8. The molecule has 2 N–H and O–H groups in total. The van der Waals surface area contributed by atoms with Gasteiger partial charge in [0.15, 0.2) is 0 Å². The van der Waals surface area contributed by atoms with Crippen LogP contribution in [0.15, 0.2) is 30.3 Å². The molecule has 0 radical (unpaired) electrons. The van der Waals surface area contributed by atoms with E-state index in [4.69, 9.17) is 4.74 Å². The highest BCUT2D eigenvalue weighted by atomic mass is 16.5. The van der Waals surface area contributed by atoms with Gasteiger partial charge in [0.2, 0.25) is 0 Å². The molecule has 2 rings (SSSR count). The number of hydrogen-bond acceptors (Lipinski definition) is 3. The molecule has 0 unspecified atom stereocenters. The van der Waals surface area contributed by atoms with Crippen LogP contribution in [0.5, 0.6) is 0 Å². The van der Waals surface area contributed by atoms with E-state index in [1.807, 2.05) is 30.3 Å². The molecule has 0 bridgehead atoms. The summed E-state index contributed by atoms with van der Waals surface area (Å²) in [5.74, 6) is 0.485. The highest BCUT2D eigenvalue weighted by Gasteiger charge is 2.21. The van der Waals surface area contributed by atoms with Crippen molar-refractivity contribution < 1.29 is 9.53 Å². The lowest BCUT2D eigenvalue weighted by Gasteiger charge is -2.22. The fraction of sp³-hybridized carbons (Fsp3) is 0.533. The average Bonchev–Trinajstić information content (AvgIpc) is 2.63. The molecule has 1 saturated heterocycles. The summed E-state index contributed by atoms with van der Waals surface area (Å²) in [5.41, 5.74) is 1.01. The van der Waals surface area contributed by atoms with Gasteiger partial charge >= 0.3 is 6.09 Å². The van der Waals surface area contributed by atoms with Crippen molar-refractivity contribution in [1.82, 2.24) is 10.6 Å². The Bertz CT molecular complexity index is 394. The maximum Gasteiger partial charge on any atom is 0.407 e. The van der Waals surface area contributed by atoms with Gasteiger partial charge in [-0.3, -0.25) is 0 Å². The smallest absolute Gasteiger partial charge is 0.407 e. The predicted molar refractivity (Wildman–Crippen MR) is 74.8 cm³/mol. The first-order valence-corrected chi connectivity index (χ1v) is 6.93. The molecule has 0 spiro atoms. The van der Waals surface area contributed by atoms with Gasteiger partial charge in [-0.05, 0) is 37.4 Å². The molecule has 19 heavy (non-hydrogen) atoms. The molecular formula is C15H22N2O2. The van der Waals surface area contributed by atoms with E-state index in [9.17, 15) is 4.79 Å². The summed E-state index contributed by atoms with van der Waals surface area (Å²) < 4.78 is 5.25. The van der Waals surface area contributed by atoms with E-state index >= 15 is 0 Å². The van der Waals surface area contributed by atoms with Crippen LogP contribution in [-0.2, 0) is 11.3 Å². The summed E-state index contributed by atoms with van der Waals surface area (Å²) in [7, 11) is 0. The van der Waals surface area contributed by atoms with Gasteiger partial charge < -0.3 is 15.4 Å². The van der Waals surface area contributed by atoms with E-state index < -0.39 is 0 Å². The topological polar surface area (TPSA) is 50.4 Å². The Hall–Kier alpha value is -1.55. The van der Waals surface area contributed by atoms with Crippen LogP contribution in [0.3, 0.4) is 0 Å². The fourth-order valence-electron chi connectivity index (χ4n) is 2.33. The average molecular weight is 262 g/mol.